The van der Waals surface area contributed by atoms with Crippen LogP contribution < -0.4 is 9.64 Å². The molecule has 2 aromatic carbocycles. The minimum atomic E-state index is -0.447. The van der Waals surface area contributed by atoms with E-state index in [1.807, 2.05) is 18.2 Å². The van der Waals surface area contributed by atoms with Gasteiger partial charge in [0, 0.05) is 18.7 Å². The predicted octanol–water partition coefficient (Wildman–Crippen LogP) is 3.13. The smallest absolute Gasteiger partial charge is 0.269 e. The van der Waals surface area contributed by atoms with Crippen molar-refractivity contribution in [2.75, 3.05) is 18.6 Å². The molecule has 3 rings (SSSR count). The van der Waals surface area contributed by atoms with E-state index < -0.39 is 4.92 Å². The monoisotopic (exact) mass is 326 g/mol. The summed E-state index contributed by atoms with van der Waals surface area (Å²) >= 11 is 0. The van der Waals surface area contributed by atoms with Gasteiger partial charge >= 0.3 is 0 Å². The first-order valence-corrected chi connectivity index (χ1v) is 7.79. The number of fused-ring (bicyclic) bond motifs is 1. The van der Waals surface area contributed by atoms with E-state index >= 15 is 0 Å². The van der Waals surface area contributed by atoms with E-state index in [-0.39, 0.29) is 18.0 Å². The molecule has 0 aliphatic carbocycles. The van der Waals surface area contributed by atoms with Gasteiger partial charge in [-0.3, -0.25) is 14.9 Å². The van der Waals surface area contributed by atoms with Crippen molar-refractivity contribution in [3.63, 3.8) is 0 Å². The lowest BCUT2D eigenvalue weighted by Gasteiger charge is -2.31. The lowest BCUT2D eigenvalue weighted by Crippen LogP contribution is -2.36. The van der Waals surface area contributed by atoms with Crippen LogP contribution in [0.1, 0.15) is 17.5 Å². The minimum Gasteiger partial charge on any atom is -0.495 e. The standard InChI is InChI=1S/C18H18N2O4/c1-24-16-6-2-4-14-5-3-11-19(18(14)16)17(21)12-13-7-9-15(10-8-13)20(22)23/h2,4,6-10H,3,5,11-12H2,1H3. The van der Waals surface area contributed by atoms with Crippen molar-refractivity contribution in [2.24, 2.45) is 0 Å². The first-order chi connectivity index (χ1) is 11.6. The maximum atomic E-state index is 12.8. The van der Waals surface area contributed by atoms with Gasteiger partial charge in [0.2, 0.25) is 5.91 Å². The zero-order valence-electron chi connectivity index (χ0n) is 13.4. The first kappa shape index (κ1) is 16.0. The summed E-state index contributed by atoms with van der Waals surface area (Å²) < 4.78 is 5.42. The Morgan fingerprint density at radius 3 is 2.67 bits per heavy atom. The molecular weight excluding hydrogens is 308 g/mol. The number of hydrogen-bond acceptors (Lipinski definition) is 4. The maximum Gasteiger partial charge on any atom is 0.269 e. The molecule has 1 amide bonds. The molecule has 0 saturated carbocycles. The Morgan fingerprint density at radius 1 is 1.25 bits per heavy atom. The average molecular weight is 326 g/mol. The number of benzene rings is 2. The average Bonchev–Trinajstić information content (AvgIpc) is 2.61. The highest BCUT2D eigenvalue weighted by atomic mass is 16.6. The van der Waals surface area contributed by atoms with Gasteiger partial charge in [0.15, 0.2) is 0 Å². The number of para-hydroxylation sites is 1. The van der Waals surface area contributed by atoms with Crippen LogP contribution in [0.5, 0.6) is 5.75 Å². The Labute approximate surface area is 139 Å². The maximum absolute atomic E-state index is 12.8. The summed E-state index contributed by atoms with van der Waals surface area (Å²) in [5, 5.41) is 10.7. The van der Waals surface area contributed by atoms with E-state index in [9.17, 15) is 14.9 Å². The number of aryl methyl sites for hydroxylation is 1. The number of non-ortho nitro benzene ring substituents is 1. The Kier molecular flexibility index (Phi) is 4.46. The van der Waals surface area contributed by atoms with Crippen LogP contribution in [0.25, 0.3) is 0 Å². The number of ether oxygens (including phenoxy) is 1. The molecule has 1 aliphatic rings. The second-order valence-electron chi connectivity index (χ2n) is 5.72. The van der Waals surface area contributed by atoms with Crippen LogP contribution in [-0.2, 0) is 17.6 Å². The second-order valence-corrected chi connectivity index (χ2v) is 5.72. The van der Waals surface area contributed by atoms with Crippen molar-refractivity contribution >= 4 is 17.3 Å². The third kappa shape index (κ3) is 3.08. The van der Waals surface area contributed by atoms with Crippen molar-refractivity contribution in [1.82, 2.24) is 0 Å². The van der Waals surface area contributed by atoms with Gasteiger partial charge < -0.3 is 9.64 Å². The number of anilines is 1. The molecule has 0 saturated heterocycles. The summed E-state index contributed by atoms with van der Waals surface area (Å²) in [7, 11) is 1.60. The van der Waals surface area contributed by atoms with Gasteiger partial charge in [-0.25, -0.2) is 0 Å². The van der Waals surface area contributed by atoms with E-state index in [2.05, 4.69) is 0 Å². The molecule has 0 aromatic heterocycles. The molecule has 0 bridgehead atoms. The Morgan fingerprint density at radius 2 is 2.00 bits per heavy atom. The van der Waals surface area contributed by atoms with Gasteiger partial charge in [-0.1, -0.05) is 24.3 Å². The van der Waals surface area contributed by atoms with Crippen LogP contribution in [-0.4, -0.2) is 24.5 Å². The number of hydrogen-bond donors (Lipinski definition) is 0. The first-order valence-electron chi connectivity index (χ1n) is 7.79. The van der Waals surface area contributed by atoms with Crippen molar-refractivity contribution in [3.05, 3.63) is 63.7 Å². The predicted molar refractivity (Wildman–Crippen MR) is 90.5 cm³/mol. The topological polar surface area (TPSA) is 72.7 Å². The number of nitro benzene ring substituents is 1. The molecule has 6 heteroatoms. The van der Waals surface area contributed by atoms with Crippen molar-refractivity contribution < 1.29 is 14.5 Å². The second kappa shape index (κ2) is 6.70. The van der Waals surface area contributed by atoms with E-state index in [1.54, 1.807) is 24.1 Å². The quantitative estimate of drug-likeness (QED) is 0.639. The lowest BCUT2D eigenvalue weighted by molar-refractivity contribution is -0.384. The molecule has 0 unspecified atom stereocenters. The highest BCUT2D eigenvalue weighted by molar-refractivity contribution is 5.97. The molecule has 124 valence electrons. The fourth-order valence-corrected chi connectivity index (χ4v) is 3.03. The van der Waals surface area contributed by atoms with Crippen LogP contribution >= 0.6 is 0 Å². The summed E-state index contributed by atoms with van der Waals surface area (Å²) in [6.45, 7) is 0.652. The van der Waals surface area contributed by atoms with Crippen LogP contribution in [0.2, 0.25) is 0 Å². The normalized spacial score (nSPS) is 13.3. The largest absolute Gasteiger partial charge is 0.495 e. The highest BCUT2D eigenvalue weighted by Gasteiger charge is 2.25. The number of carbonyl (C=O) groups is 1. The van der Waals surface area contributed by atoms with E-state index in [0.717, 1.165) is 29.7 Å². The van der Waals surface area contributed by atoms with Gasteiger partial charge in [0.05, 0.1) is 24.1 Å². The van der Waals surface area contributed by atoms with E-state index in [0.29, 0.717) is 12.3 Å². The van der Waals surface area contributed by atoms with Crippen molar-refractivity contribution in [2.45, 2.75) is 19.3 Å². The summed E-state index contributed by atoms with van der Waals surface area (Å²) in [4.78, 5) is 24.8. The summed E-state index contributed by atoms with van der Waals surface area (Å²) in [5.74, 6) is 0.665. The van der Waals surface area contributed by atoms with Crippen molar-refractivity contribution in [3.8, 4) is 5.75 Å². The number of nitrogens with zero attached hydrogens (tertiary/aromatic N) is 2. The Bertz CT molecular complexity index is 757. The van der Waals surface area contributed by atoms with Gasteiger partial charge in [-0.2, -0.15) is 0 Å². The highest BCUT2D eigenvalue weighted by Crippen LogP contribution is 2.36. The van der Waals surface area contributed by atoms with Crippen molar-refractivity contribution in [1.29, 1.82) is 0 Å². The molecule has 0 fully saturated rings. The van der Waals surface area contributed by atoms with Crippen LogP contribution in [0.3, 0.4) is 0 Å². The fourth-order valence-electron chi connectivity index (χ4n) is 3.03. The molecule has 1 heterocycles. The zero-order chi connectivity index (χ0) is 17.1. The lowest BCUT2D eigenvalue weighted by atomic mass is 10.00. The van der Waals surface area contributed by atoms with Gasteiger partial charge in [-0.15, -0.1) is 0 Å². The van der Waals surface area contributed by atoms with Gasteiger partial charge in [-0.05, 0) is 30.0 Å². The molecule has 1 aliphatic heterocycles. The number of nitro groups is 1. The molecule has 0 spiro atoms. The summed E-state index contributed by atoms with van der Waals surface area (Å²) in [5.41, 5.74) is 2.74. The third-order valence-electron chi connectivity index (χ3n) is 4.20. The number of methoxy groups -OCH3 is 1. The molecule has 0 N–H and O–H groups in total. The fraction of sp³-hybridized carbons (Fsp3) is 0.278. The Hall–Kier alpha value is -2.89. The van der Waals surface area contributed by atoms with Crippen LogP contribution in [0.15, 0.2) is 42.5 Å². The molecule has 0 atom stereocenters. The number of carbonyl (C=O) groups excluding carboxylic acids is 1. The number of amides is 1. The van der Waals surface area contributed by atoms with E-state index in [1.165, 1.54) is 12.1 Å². The molecule has 6 nitrogen and oxygen atoms in total. The molecule has 2 aromatic rings. The molecule has 0 radical (unpaired) electrons. The van der Waals surface area contributed by atoms with Crippen LogP contribution in [0, 0.1) is 10.1 Å². The van der Waals surface area contributed by atoms with E-state index in [4.69, 9.17) is 4.74 Å². The minimum absolute atomic E-state index is 0.0242. The molecular formula is C18H18N2O4. The van der Waals surface area contributed by atoms with Gasteiger partial charge in [0.1, 0.15) is 5.75 Å². The Balaban J connectivity index is 1.83. The van der Waals surface area contributed by atoms with Crippen LogP contribution in [0.4, 0.5) is 11.4 Å². The van der Waals surface area contributed by atoms with Gasteiger partial charge in [0.25, 0.3) is 5.69 Å². The molecule has 24 heavy (non-hydrogen) atoms. The summed E-state index contributed by atoms with van der Waals surface area (Å²) in [6.07, 6.45) is 2.04. The zero-order valence-corrected chi connectivity index (χ0v) is 13.4. The number of rotatable bonds is 4. The third-order valence-corrected chi connectivity index (χ3v) is 4.20. The summed E-state index contributed by atoms with van der Waals surface area (Å²) in [6, 6.07) is 11.9. The SMILES string of the molecule is COc1cccc2c1N(C(=O)Cc1ccc([N+](=O)[O-])cc1)CCC2.